The molecule has 224 valence electrons. The first kappa shape index (κ1) is 27.0. The molecule has 0 fully saturated rings. The molecule has 5 heteroatoms. The highest BCUT2D eigenvalue weighted by molar-refractivity contribution is 7.26. The van der Waals surface area contributed by atoms with E-state index in [4.69, 9.17) is 15.0 Å². The van der Waals surface area contributed by atoms with E-state index < -0.39 is 0 Å². The van der Waals surface area contributed by atoms with Gasteiger partial charge in [0.1, 0.15) is 0 Å². The summed E-state index contributed by atoms with van der Waals surface area (Å²) in [5.41, 5.74) is 6.24. The molecule has 3 heterocycles. The van der Waals surface area contributed by atoms with Crippen molar-refractivity contribution in [1.82, 2.24) is 19.5 Å². The second-order valence-electron chi connectivity index (χ2n) is 12.0. The molecule has 4 nitrogen and oxygen atoms in total. The fourth-order valence-corrected chi connectivity index (χ4v) is 8.33. The van der Waals surface area contributed by atoms with Crippen molar-refractivity contribution in [3.63, 3.8) is 0 Å². The van der Waals surface area contributed by atoms with Crippen LogP contribution in [-0.2, 0) is 0 Å². The van der Waals surface area contributed by atoms with Gasteiger partial charge < -0.3 is 4.57 Å². The van der Waals surface area contributed by atoms with Gasteiger partial charge >= 0.3 is 0 Å². The summed E-state index contributed by atoms with van der Waals surface area (Å²) < 4.78 is 4.77. The van der Waals surface area contributed by atoms with Gasteiger partial charge in [-0.2, -0.15) is 0 Å². The Bertz CT molecular complexity index is 2800. The molecule has 48 heavy (non-hydrogen) atoms. The average molecular weight is 631 g/mol. The Morgan fingerprint density at radius 1 is 0.375 bits per heavy atom. The number of hydrogen-bond acceptors (Lipinski definition) is 4. The van der Waals surface area contributed by atoms with Gasteiger partial charge in [0.25, 0.3) is 0 Å². The second-order valence-corrected chi connectivity index (χ2v) is 13.1. The highest BCUT2D eigenvalue weighted by Crippen LogP contribution is 2.41. The zero-order valence-electron chi connectivity index (χ0n) is 25.7. The van der Waals surface area contributed by atoms with E-state index in [1.807, 2.05) is 0 Å². The van der Waals surface area contributed by atoms with Crippen LogP contribution in [0, 0.1) is 0 Å². The molecule has 0 atom stereocenters. The van der Waals surface area contributed by atoms with E-state index in [1.165, 1.54) is 30.9 Å². The van der Waals surface area contributed by atoms with Crippen LogP contribution in [0.1, 0.15) is 0 Å². The minimum absolute atomic E-state index is 0.638. The predicted molar refractivity (Wildman–Crippen MR) is 201 cm³/mol. The highest BCUT2D eigenvalue weighted by Gasteiger charge is 2.21. The maximum atomic E-state index is 5.30. The number of hydrogen-bond donors (Lipinski definition) is 0. The molecular formula is C43H26N4S. The van der Waals surface area contributed by atoms with Gasteiger partial charge in [-0.1, -0.05) is 121 Å². The topological polar surface area (TPSA) is 43.6 Å². The fourth-order valence-electron chi connectivity index (χ4n) is 7.12. The van der Waals surface area contributed by atoms with Gasteiger partial charge in [-0.05, 0) is 47.2 Å². The lowest BCUT2D eigenvalue weighted by atomic mass is 10.0. The van der Waals surface area contributed by atoms with Crippen LogP contribution in [0.3, 0.4) is 0 Å². The maximum Gasteiger partial charge on any atom is 0.166 e. The lowest BCUT2D eigenvalue weighted by Crippen LogP contribution is -2.03. The minimum atomic E-state index is 0.638. The molecule has 10 aromatic rings. The molecule has 0 N–H and O–H groups in total. The van der Waals surface area contributed by atoms with Crippen molar-refractivity contribution >= 4 is 64.1 Å². The van der Waals surface area contributed by atoms with E-state index in [0.717, 1.165) is 44.2 Å². The van der Waals surface area contributed by atoms with Gasteiger partial charge in [0.2, 0.25) is 0 Å². The van der Waals surface area contributed by atoms with Crippen LogP contribution in [0.15, 0.2) is 158 Å². The Morgan fingerprint density at radius 2 is 0.875 bits per heavy atom. The van der Waals surface area contributed by atoms with E-state index in [-0.39, 0.29) is 0 Å². The van der Waals surface area contributed by atoms with E-state index >= 15 is 0 Å². The van der Waals surface area contributed by atoms with Gasteiger partial charge in [-0.15, -0.1) is 11.3 Å². The third kappa shape index (κ3) is 4.11. The Labute approximate surface area is 280 Å². The van der Waals surface area contributed by atoms with Crippen LogP contribution >= 0.6 is 11.3 Å². The first-order valence-electron chi connectivity index (χ1n) is 16.0. The molecule has 3 aromatic heterocycles. The summed E-state index contributed by atoms with van der Waals surface area (Å²) in [6, 6.07) is 55.4. The van der Waals surface area contributed by atoms with Gasteiger partial charge in [0.05, 0.1) is 16.7 Å². The third-order valence-electron chi connectivity index (χ3n) is 9.28. The summed E-state index contributed by atoms with van der Waals surface area (Å²) in [6.07, 6.45) is 0. The Kier molecular flexibility index (Phi) is 6.01. The molecule has 0 bridgehead atoms. The van der Waals surface area contributed by atoms with Gasteiger partial charge in [-0.25, -0.2) is 15.0 Å². The standard InChI is InChI=1S/C43H26N4S/c1-2-15-28-27(13-1)14-11-21-33(28)41-44-42(46-43(45-41)35-22-12-20-32-31-18-6-10-26-39(31)48-40(32)35)34-19-5-9-25-38(34)47-36-23-7-3-16-29(36)30-17-4-8-24-37(30)47/h1-26H. The van der Waals surface area contributed by atoms with Gasteiger partial charge in [-0.3, -0.25) is 0 Å². The molecule has 0 aliphatic carbocycles. The molecule has 0 unspecified atom stereocenters. The average Bonchev–Trinajstić information content (AvgIpc) is 3.70. The van der Waals surface area contributed by atoms with Crippen LogP contribution in [0.25, 0.3) is 92.6 Å². The molecule has 0 saturated heterocycles. The molecule has 0 radical (unpaired) electrons. The highest BCUT2D eigenvalue weighted by atomic mass is 32.1. The summed E-state index contributed by atoms with van der Waals surface area (Å²) >= 11 is 1.79. The molecule has 7 aromatic carbocycles. The van der Waals surface area contributed by atoms with Crippen molar-refractivity contribution in [3.05, 3.63) is 158 Å². The Balaban J connectivity index is 1.28. The first-order valence-corrected chi connectivity index (χ1v) is 16.9. The van der Waals surface area contributed by atoms with E-state index in [1.54, 1.807) is 11.3 Å². The summed E-state index contributed by atoms with van der Waals surface area (Å²) in [7, 11) is 0. The first-order chi connectivity index (χ1) is 23.8. The number of benzene rings is 7. The molecule has 10 rings (SSSR count). The molecule has 0 spiro atoms. The summed E-state index contributed by atoms with van der Waals surface area (Å²) in [5.74, 6) is 1.96. The number of para-hydroxylation sites is 3. The minimum Gasteiger partial charge on any atom is -0.309 e. The van der Waals surface area contributed by atoms with E-state index in [9.17, 15) is 0 Å². The molecule has 0 aliphatic rings. The van der Waals surface area contributed by atoms with E-state index in [0.29, 0.717) is 17.5 Å². The van der Waals surface area contributed by atoms with Crippen molar-refractivity contribution in [3.8, 4) is 39.9 Å². The Morgan fingerprint density at radius 3 is 1.67 bits per heavy atom. The SMILES string of the molecule is c1ccc(-n2c3ccccc3c3ccccc32)c(-c2nc(-c3cccc4ccccc34)nc(-c3cccc4c3sc3ccccc34)n2)c1. The number of thiophene rings is 1. The van der Waals surface area contributed by atoms with E-state index in [2.05, 4.69) is 162 Å². The molecular weight excluding hydrogens is 605 g/mol. The monoisotopic (exact) mass is 630 g/mol. The van der Waals surface area contributed by atoms with Crippen molar-refractivity contribution < 1.29 is 0 Å². The number of nitrogens with zero attached hydrogens (tertiary/aromatic N) is 4. The molecule has 0 aliphatic heterocycles. The molecule has 0 saturated carbocycles. The maximum absolute atomic E-state index is 5.30. The van der Waals surface area contributed by atoms with Crippen LogP contribution in [0.5, 0.6) is 0 Å². The predicted octanol–water partition coefficient (Wildman–Crippen LogP) is 11.5. The third-order valence-corrected chi connectivity index (χ3v) is 10.5. The van der Waals surface area contributed by atoms with Crippen LogP contribution < -0.4 is 0 Å². The van der Waals surface area contributed by atoms with Gasteiger partial charge in [0, 0.05) is 47.6 Å². The summed E-state index contributed by atoms with van der Waals surface area (Å²) in [6.45, 7) is 0. The van der Waals surface area contributed by atoms with Crippen molar-refractivity contribution in [2.45, 2.75) is 0 Å². The number of rotatable bonds is 4. The normalized spacial score (nSPS) is 11.8. The lowest BCUT2D eigenvalue weighted by molar-refractivity contribution is 1.07. The van der Waals surface area contributed by atoms with Crippen molar-refractivity contribution in [1.29, 1.82) is 0 Å². The zero-order valence-corrected chi connectivity index (χ0v) is 26.5. The van der Waals surface area contributed by atoms with Gasteiger partial charge in [0.15, 0.2) is 17.5 Å². The number of fused-ring (bicyclic) bond motifs is 7. The van der Waals surface area contributed by atoms with Crippen LogP contribution in [0.4, 0.5) is 0 Å². The Hall–Kier alpha value is -6.17. The fraction of sp³-hybridized carbons (Fsp3) is 0. The molecule has 0 amide bonds. The van der Waals surface area contributed by atoms with Crippen molar-refractivity contribution in [2.75, 3.05) is 0 Å². The summed E-state index contributed by atoms with van der Waals surface area (Å²) in [5, 5.41) is 7.15. The second kappa shape index (κ2) is 10.7. The van der Waals surface area contributed by atoms with Crippen LogP contribution in [0.2, 0.25) is 0 Å². The largest absolute Gasteiger partial charge is 0.309 e. The smallest absolute Gasteiger partial charge is 0.166 e. The van der Waals surface area contributed by atoms with Crippen LogP contribution in [-0.4, -0.2) is 19.5 Å². The quantitative estimate of drug-likeness (QED) is 0.194. The zero-order chi connectivity index (χ0) is 31.6. The van der Waals surface area contributed by atoms with Crippen molar-refractivity contribution in [2.24, 2.45) is 0 Å². The summed E-state index contributed by atoms with van der Waals surface area (Å²) in [4.78, 5) is 15.8. The lowest BCUT2D eigenvalue weighted by Gasteiger charge is -2.15. The number of aromatic nitrogens is 4.